The van der Waals surface area contributed by atoms with Gasteiger partial charge < -0.3 is 15.1 Å². The van der Waals surface area contributed by atoms with Crippen molar-refractivity contribution in [2.24, 2.45) is 0 Å². The van der Waals surface area contributed by atoms with Crippen molar-refractivity contribution in [1.82, 2.24) is 19.8 Å². The Kier molecular flexibility index (Phi) is 7.19. The fourth-order valence-electron chi connectivity index (χ4n) is 4.09. The molecule has 0 atom stereocenters. The lowest BCUT2D eigenvalue weighted by Gasteiger charge is -2.34. The number of aromatic nitrogens is 2. The van der Waals surface area contributed by atoms with Gasteiger partial charge >= 0.3 is 12.2 Å². The Morgan fingerprint density at radius 2 is 1.68 bits per heavy atom. The Morgan fingerprint density at radius 3 is 2.24 bits per heavy atom. The van der Waals surface area contributed by atoms with Crippen LogP contribution < -0.4 is 15.8 Å². The van der Waals surface area contributed by atoms with Gasteiger partial charge in [-0.25, -0.2) is 18.6 Å². The topological polar surface area (TPSA) is 70.5 Å². The van der Waals surface area contributed by atoms with E-state index in [-0.39, 0.29) is 35.0 Å². The molecule has 4 rings (SSSR count). The van der Waals surface area contributed by atoms with Crippen LogP contribution in [0.3, 0.4) is 0 Å². The minimum absolute atomic E-state index is 0.0425. The van der Waals surface area contributed by atoms with E-state index in [4.69, 9.17) is 0 Å². The number of hydrogen-bond donors (Lipinski definition) is 1. The summed E-state index contributed by atoms with van der Waals surface area (Å²) in [5.41, 5.74) is -1.70. The zero-order chi connectivity index (χ0) is 26.9. The summed E-state index contributed by atoms with van der Waals surface area (Å²) in [7, 11) is 3.27. The molecule has 0 bridgehead atoms. The van der Waals surface area contributed by atoms with Crippen molar-refractivity contribution in [3.8, 4) is 17.1 Å². The fourth-order valence-corrected chi connectivity index (χ4v) is 4.09. The van der Waals surface area contributed by atoms with Gasteiger partial charge in [0.2, 0.25) is 0 Å². The third-order valence-corrected chi connectivity index (χ3v) is 6.08. The quantitative estimate of drug-likeness (QED) is 0.516. The first kappa shape index (κ1) is 26.1. The number of hydrogen-bond acceptors (Lipinski definition) is 4. The first-order valence-electron chi connectivity index (χ1n) is 11.4. The number of amides is 2. The minimum atomic E-state index is -4.57. The van der Waals surface area contributed by atoms with Crippen LogP contribution in [0.25, 0.3) is 17.1 Å². The van der Waals surface area contributed by atoms with Crippen LogP contribution >= 0.6 is 0 Å². The third kappa shape index (κ3) is 5.73. The molecule has 0 radical (unpaired) electrons. The summed E-state index contributed by atoms with van der Waals surface area (Å²) >= 11 is 0. The first-order chi connectivity index (χ1) is 17.4. The predicted octanol–water partition coefficient (Wildman–Crippen LogP) is 4.44. The predicted molar refractivity (Wildman–Crippen MR) is 128 cm³/mol. The van der Waals surface area contributed by atoms with Gasteiger partial charge in [-0.1, -0.05) is 0 Å². The number of alkyl halides is 3. The fraction of sp³-hybridized carbons (Fsp3) is 0.320. The van der Waals surface area contributed by atoms with Crippen LogP contribution in [0.15, 0.2) is 53.3 Å². The maximum atomic E-state index is 14.8. The van der Waals surface area contributed by atoms with Crippen molar-refractivity contribution in [1.29, 1.82) is 0 Å². The molecule has 37 heavy (non-hydrogen) atoms. The lowest BCUT2D eigenvalue weighted by atomic mass is 10.1. The third-order valence-electron chi connectivity index (χ3n) is 6.08. The maximum absolute atomic E-state index is 14.8. The first-order valence-corrected chi connectivity index (χ1v) is 11.4. The summed E-state index contributed by atoms with van der Waals surface area (Å²) in [5.74, 6) is -1.75. The van der Waals surface area contributed by atoms with Crippen LogP contribution in [0, 0.1) is 11.6 Å². The summed E-state index contributed by atoms with van der Waals surface area (Å²) < 4.78 is 68.5. The van der Waals surface area contributed by atoms with E-state index in [1.54, 1.807) is 14.1 Å². The number of piperidine rings is 1. The van der Waals surface area contributed by atoms with Gasteiger partial charge in [0.05, 0.1) is 16.8 Å². The van der Waals surface area contributed by atoms with E-state index in [9.17, 15) is 31.5 Å². The molecule has 1 fully saturated rings. The Morgan fingerprint density at radius 1 is 1.03 bits per heavy atom. The van der Waals surface area contributed by atoms with Gasteiger partial charge in [0.25, 0.3) is 5.56 Å². The van der Waals surface area contributed by atoms with Gasteiger partial charge in [0.15, 0.2) is 5.82 Å². The molecule has 1 aromatic heterocycles. The van der Waals surface area contributed by atoms with Crippen LogP contribution in [0.4, 0.5) is 32.6 Å². The Balaban J connectivity index is 1.72. The summed E-state index contributed by atoms with van der Waals surface area (Å²) in [5, 5.41) is 2.91. The monoisotopic (exact) mass is 521 g/mol. The molecular weight excluding hydrogens is 497 g/mol. The summed E-state index contributed by atoms with van der Waals surface area (Å²) in [6.45, 7) is 0.890. The second kappa shape index (κ2) is 10.2. The minimum Gasteiger partial charge on any atom is -0.356 e. The molecular formula is C25H24F5N5O2. The van der Waals surface area contributed by atoms with Crippen molar-refractivity contribution in [3.63, 3.8) is 0 Å². The van der Waals surface area contributed by atoms with Crippen LogP contribution in [-0.2, 0) is 6.18 Å². The molecule has 2 aromatic carbocycles. The number of anilines is 1. The number of halogens is 5. The molecule has 0 aliphatic carbocycles. The largest absolute Gasteiger partial charge is 0.416 e. The van der Waals surface area contributed by atoms with Crippen LogP contribution in [0.5, 0.6) is 0 Å². The molecule has 196 valence electrons. The second-order valence-electron chi connectivity index (χ2n) is 8.89. The standard InChI is InChI=1S/C25H24F5N5O2/c1-33(2)24(37)31-17-9-11-34(12-10-17)21-14-22(36)35(18-6-3-15(4-7-18)25(28,29)30)23(32-21)19-8-5-16(26)13-20(19)27/h3-8,13-14,17H,9-12H2,1-2H3,(H,31,37). The van der Waals surface area contributed by atoms with Gasteiger partial charge in [-0.2, -0.15) is 13.2 Å². The van der Waals surface area contributed by atoms with Crippen molar-refractivity contribution >= 4 is 11.8 Å². The molecule has 1 saturated heterocycles. The highest BCUT2D eigenvalue weighted by atomic mass is 19.4. The number of urea groups is 1. The Hall–Kier alpha value is -3.96. The van der Waals surface area contributed by atoms with E-state index < -0.39 is 28.9 Å². The lowest BCUT2D eigenvalue weighted by Crippen LogP contribution is -2.48. The molecule has 0 saturated carbocycles. The molecule has 2 heterocycles. The highest BCUT2D eigenvalue weighted by molar-refractivity contribution is 5.73. The molecule has 1 aliphatic heterocycles. The Labute approximate surface area is 209 Å². The number of nitrogens with one attached hydrogen (secondary N) is 1. The van der Waals surface area contributed by atoms with Crippen LogP contribution in [0.2, 0.25) is 0 Å². The number of nitrogens with zero attached hydrogens (tertiary/aromatic N) is 4. The van der Waals surface area contributed by atoms with Gasteiger partial charge in [0, 0.05) is 45.4 Å². The molecule has 1 N–H and O–H groups in total. The van der Waals surface area contributed by atoms with Crippen molar-refractivity contribution in [2.45, 2.75) is 25.1 Å². The van der Waals surface area contributed by atoms with Crippen LogP contribution in [0.1, 0.15) is 18.4 Å². The van der Waals surface area contributed by atoms with E-state index in [1.807, 2.05) is 4.90 Å². The number of rotatable bonds is 4. The smallest absolute Gasteiger partial charge is 0.356 e. The maximum Gasteiger partial charge on any atom is 0.416 e. The van der Waals surface area contributed by atoms with Gasteiger partial charge in [-0.3, -0.25) is 9.36 Å². The number of benzene rings is 2. The average molecular weight is 521 g/mol. The number of carbonyl (C=O) groups is 1. The van der Waals surface area contributed by atoms with Crippen molar-refractivity contribution < 1.29 is 26.7 Å². The van der Waals surface area contributed by atoms with E-state index in [1.165, 1.54) is 11.0 Å². The summed E-state index contributed by atoms with van der Waals surface area (Å²) in [6.07, 6.45) is -3.43. The highest BCUT2D eigenvalue weighted by Gasteiger charge is 2.30. The van der Waals surface area contributed by atoms with E-state index in [0.717, 1.165) is 41.0 Å². The van der Waals surface area contributed by atoms with Gasteiger partial charge in [-0.05, 0) is 49.2 Å². The zero-order valence-corrected chi connectivity index (χ0v) is 20.0. The average Bonchev–Trinajstić information content (AvgIpc) is 2.83. The molecule has 12 heteroatoms. The van der Waals surface area contributed by atoms with E-state index in [2.05, 4.69) is 10.3 Å². The summed E-state index contributed by atoms with van der Waals surface area (Å²) in [6, 6.07) is 7.52. The summed E-state index contributed by atoms with van der Waals surface area (Å²) in [4.78, 5) is 32.9. The zero-order valence-electron chi connectivity index (χ0n) is 20.0. The SMILES string of the molecule is CN(C)C(=O)NC1CCN(c2cc(=O)n(-c3ccc(C(F)(F)F)cc3)c(-c3ccc(F)cc3F)n2)CC1. The lowest BCUT2D eigenvalue weighted by molar-refractivity contribution is -0.137. The van der Waals surface area contributed by atoms with Gasteiger partial charge in [-0.15, -0.1) is 0 Å². The molecule has 2 amide bonds. The molecule has 1 aliphatic rings. The van der Waals surface area contributed by atoms with E-state index >= 15 is 0 Å². The molecule has 7 nitrogen and oxygen atoms in total. The number of carbonyl (C=O) groups excluding carboxylic acids is 1. The normalized spacial score (nSPS) is 14.5. The Bertz CT molecular complexity index is 1350. The van der Waals surface area contributed by atoms with Crippen molar-refractivity contribution in [2.75, 3.05) is 32.1 Å². The molecule has 0 spiro atoms. The molecule has 3 aromatic rings. The van der Waals surface area contributed by atoms with Gasteiger partial charge in [0.1, 0.15) is 17.5 Å². The molecule has 0 unspecified atom stereocenters. The van der Waals surface area contributed by atoms with E-state index in [0.29, 0.717) is 32.0 Å². The van der Waals surface area contributed by atoms with Crippen molar-refractivity contribution in [3.05, 3.63) is 76.1 Å². The van der Waals surface area contributed by atoms with Crippen LogP contribution in [-0.4, -0.2) is 53.7 Å². The second-order valence-corrected chi connectivity index (χ2v) is 8.89. The highest BCUT2D eigenvalue weighted by Crippen LogP contribution is 2.31.